The van der Waals surface area contributed by atoms with Gasteiger partial charge in [-0.25, -0.2) is 8.78 Å². The summed E-state index contributed by atoms with van der Waals surface area (Å²) in [5.74, 6) is -0.526. The van der Waals surface area contributed by atoms with Crippen LogP contribution in [0.1, 0.15) is 25.0 Å². The maximum atomic E-state index is 13.8. The zero-order chi connectivity index (χ0) is 11.5. The summed E-state index contributed by atoms with van der Waals surface area (Å²) < 4.78 is 27.2. The van der Waals surface area contributed by atoms with Gasteiger partial charge in [0.25, 0.3) is 0 Å². The van der Waals surface area contributed by atoms with Gasteiger partial charge in [0.15, 0.2) is 0 Å². The van der Waals surface area contributed by atoms with Gasteiger partial charge >= 0.3 is 0 Å². The van der Waals surface area contributed by atoms with E-state index in [0.29, 0.717) is 12.1 Å². The second-order valence-electron chi connectivity index (χ2n) is 3.81. The molecule has 0 aliphatic rings. The van der Waals surface area contributed by atoms with Crippen LogP contribution in [-0.2, 0) is 5.67 Å². The SMILES string of the molecule is CC(C)(F)c1c(F)cccc1/C=C/CN. The molecular weight excluding hydrogens is 196 g/mol. The van der Waals surface area contributed by atoms with E-state index in [1.165, 1.54) is 19.9 Å². The molecule has 0 bridgehead atoms. The zero-order valence-electron chi connectivity index (χ0n) is 8.93. The molecule has 0 aromatic heterocycles. The number of nitrogens with two attached hydrogens (primary N) is 1. The molecule has 0 spiro atoms. The Hall–Kier alpha value is -1.22. The number of alkyl halides is 1. The summed E-state index contributed by atoms with van der Waals surface area (Å²) in [6.07, 6.45) is 3.31. The minimum atomic E-state index is -1.69. The van der Waals surface area contributed by atoms with Gasteiger partial charge in [-0.05, 0) is 25.5 Å². The van der Waals surface area contributed by atoms with Crippen molar-refractivity contribution in [1.82, 2.24) is 0 Å². The summed E-state index contributed by atoms with van der Waals surface area (Å²) in [5, 5.41) is 0. The molecular formula is C12H15F2N. The molecule has 0 saturated heterocycles. The Morgan fingerprint density at radius 2 is 2.07 bits per heavy atom. The van der Waals surface area contributed by atoms with E-state index in [9.17, 15) is 8.78 Å². The first-order valence-corrected chi connectivity index (χ1v) is 4.81. The van der Waals surface area contributed by atoms with Crippen molar-refractivity contribution in [2.24, 2.45) is 5.73 Å². The molecule has 0 aliphatic carbocycles. The summed E-state index contributed by atoms with van der Waals surface area (Å²) in [5.41, 5.74) is 4.22. The van der Waals surface area contributed by atoms with Crippen molar-refractivity contribution in [3.63, 3.8) is 0 Å². The number of benzene rings is 1. The topological polar surface area (TPSA) is 26.0 Å². The second kappa shape index (κ2) is 4.53. The first-order chi connectivity index (χ1) is 6.96. The molecule has 82 valence electrons. The van der Waals surface area contributed by atoms with Gasteiger partial charge in [-0.2, -0.15) is 0 Å². The van der Waals surface area contributed by atoms with Crippen molar-refractivity contribution in [2.75, 3.05) is 6.54 Å². The van der Waals surface area contributed by atoms with Crippen LogP contribution in [0, 0.1) is 5.82 Å². The van der Waals surface area contributed by atoms with Crippen LogP contribution in [0.5, 0.6) is 0 Å². The molecule has 1 nitrogen and oxygen atoms in total. The largest absolute Gasteiger partial charge is 0.327 e. The molecule has 0 amide bonds. The number of hydrogen-bond acceptors (Lipinski definition) is 1. The average Bonchev–Trinajstić information content (AvgIpc) is 2.12. The van der Waals surface area contributed by atoms with Gasteiger partial charge in [0, 0.05) is 12.1 Å². The summed E-state index contributed by atoms with van der Waals surface area (Å²) >= 11 is 0. The highest BCUT2D eigenvalue weighted by atomic mass is 19.1. The number of hydrogen-bond donors (Lipinski definition) is 1. The van der Waals surface area contributed by atoms with Gasteiger partial charge in [0.1, 0.15) is 11.5 Å². The van der Waals surface area contributed by atoms with Crippen LogP contribution >= 0.6 is 0 Å². The zero-order valence-corrected chi connectivity index (χ0v) is 8.93. The normalized spacial score (nSPS) is 12.3. The third-order valence-electron chi connectivity index (χ3n) is 2.07. The Balaban J connectivity index is 3.27. The van der Waals surface area contributed by atoms with Crippen molar-refractivity contribution < 1.29 is 8.78 Å². The highest BCUT2D eigenvalue weighted by Gasteiger charge is 2.25. The van der Waals surface area contributed by atoms with Crippen molar-refractivity contribution in [1.29, 1.82) is 0 Å². The monoisotopic (exact) mass is 211 g/mol. The first kappa shape index (κ1) is 11.9. The maximum absolute atomic E-state index is 13.8. The smallest absolute Gasteiger partial charge is 0.133 e. The third-order valence-corrected chi connectivity index (χ3v) is 2.07. The van der Waals surface area contributed by atoms with Crippen molar-refractivity contribution in [3.05, 3.63) is 41.2 Å². The highest BCUT2D eigenvalue weighted by Crippen LogP contribution is 2.30. The molecule has 0 fully saturated rings. The van der Waals surface area contributed by atoms with Crippen LogP contribution < -0.4 is 5.73 Å². The van der Waals surface area contributed by atoms with Gasteiger partial charge < -0.3 is 5.73 Å². The van der Waals surface area contributed by atoms with E-state index in [1.54, 1.807) is 24.3 Å². The minimum Gasteiger partial charge on any atom is -0.327 e. The molecule has 2 N–H and O–H groups in total. The standard InChI is InChI=1S/C12H15F2N/c1-12(2,14)11-9(6-4-8-15)5-3-7-10(11)13/h3-7H,8,15H2,1-2H3/b6-4+. The van der Waals surface area contributed by atoms with Gasteiger partial charge in [-0.3, -0.25) is 0 Å². The summed E-state index contributed by atoms with van der Waals surface area (Å²) in [6.45, 7) is 3.03. The van der Waals surface area contributed by atoms with Crippen molar-refractivity contribution in [2.45, 2.75) is 19.5 Å². The number of rotatable bonds is 3. The van der Waals surface area contributed by atoms with E-state index in [4.69, 9.17) is 5.73 Å². The van der Waals surface area contributed by atoms with Crippen LogP contribution in [-0.4, -0.2) is 6.54 Å². The van der Waals surface area contributed by atoms with E-state index in [0.717, 1.165) is 0 Å². The Labute approximate surface area is 88.6 Å². The molecule has 0 unspecified atom stereocenters. The highest BCUT2D eigenvalue weighted by molar-refractivity contribution is 5.55. The van der Waals surface area contributed by atoms with Crippen molar-refractivity contribution >= 4 is 6.08 Å². The second-order valence-corrected chi connectivity index (χ2v) is 3.81. The predicted molar refractivity (Wildman–Crippen MR) is 58.6 cm³/mol. The van der Waals surface area contributed by atoms with E-state index in [2.05, 4.69) is 0 Å². The Morgan fingerprint density at radius 3 is 2.60 bits per heavy atom. The summed E-state index contributed by atoms with van der Waals surface area (Å²) in [7, 11) is 0. The molecule has 1 aromatic rings. The van der Waals surface area contributed by atoms with Crippen LogP contribution in [0.4, 0.5) is 8.78 Å². The molecule has 1 rings (SSSR count). The molecule has 1 aromatic carbocycles. The van der Waals surface area contributed by atoms with Gasteiger partial charge in [0.2, 0.25) is 0 Å². The van der Waals surface area contributed by atoms with Gasteiger partial charge in [0.05, 0.1) is 0 Å². The molecule has 3 heteroatoms. The molecule has 15 heavy (non-hydrogen) atoms. The van der Waals surface area contributed by atoms with Crippen LogP contribution in [0.15, 0.2) is 24.3 Å². The van der Waals surface area contributed by atoms with Crippen molar-refractivity contribution in [3.8, 4) is 0 Å². The Kier molecular flexibility index (Phi) is 3.58. The molecule has 0 saturated carbocycles. The Morgan fingerprint density at radius 1 is 1.40 bits per heavy atom. The van der Waals surface area contributed by atoms with E-state index < -0.39 is 11.5 Å². The summed E-state index contributed by atoms with van der Waals surface area (Å²) in [6, 6.07) is 4.49. The quantitative estimate of drug-likeness (QED) is 0.817. The lowest BCUT2D eigenvalue weighted by atomic mass is 9.94. The lowest BCUT2D eigenvalue weighted by Crippen LogP contribution is -2.13. The molecule has 0 aliphatic heterocycles. The molecule has 0 atom stereocenters. The van der Waals surface area contributed by atoms with E-state index in [-0.39, 0.29) is 5.56 Å². The van der Waals surface area contributed by atoms with Crippen LogP contribution in [0.3, 0.4) is 0 Å². The first-order valence-electron chi connectivity index (χ1n) is 4.81. The molecule has 0 heterocycles. The van der Waals surface area contributed by atoms with Crippen LogP contribution in [0.2, 0.25) is 0 Å². The van der Waals surface area contributed by atoms with E-state index in [1.807, 2.05) is 0 Å². The summed E-state index contributed by atoms with van der Waals surface area (Å²) in [4.78, 5) is 0. The molecule has 0 radical (unpaired) electrons. The lowest BCUT2D eigenvalue weighted by Gasteiger charge is -2.18. The predicted octanol–water partition coefficient (Wildman–Crippen LogP) is 3.00. The maximum Gasteiger partial charge on any atom is 0.133 e. The van der Waals surface area contributed by atoms with Gasteiger partial charge in [-0.15, -0.1) is 0 Å². The minimum absolute atomic E-state index is 0.0784. The average molecular weight is 211 g/mol. The number of halogens is 2. The Bertz CT molecular complexity index is 364. The third kappa shape index (κ3) is 2.86. The fourth-order valence-corrected chi connectivity index (χ4v) is 1.50. The fourth-order valence-electron chi connectivity index (χ4n) is 1.50. The fraction of sp³-hybridized carbons (Fsp3) is 0.333. The van der Waals surface area contributed by atoms with Crippen LogP contribution in [0.25, 0.3) is 6.08 Å². The lowest BCUT2D eigenvalue weighted by molar-refractivity contribution is 0.213. The van der Waals surface area contributed by atoms with E-state index >= 15 is 0 Å². The van der Waals surface area contributed by atoms with Gasteiger partial charge in [-0.1, -0.05) is 24.3 Å².